The number of carbonyl (C=O) groups excluding carboxylic acids is 1. The third kappa shape index (κ3) is 3.75. The molecule has 1 aromatic carbocycles. The highest BCUT2D eigenvalue weighted by atomic mass is 32.1. The van der Waals surface area contributed by atoms with Crippen LogP contribution in [0.4, 0.5) is 5.69 Å². The molecule has 0 amide bonds. The van der Waals surface area contributed by atoms with Gasteiger partial charge in [-0.05, 0) is 13.0 Å². The molecule has 1 heterocycles. The summed E-state index contributed by atoms with van der Waals surface area (Å²) in [4.78, 5) is 33.4. The van der Waals surface area contributed by atoms with Gasteiger partial charge in [0.05, 0.1) is 24.1 Å². The molecule has 122 valence electrons. The Hall–Kier alpha value is -2.68. The van der Waals surface area contributed by atoms with Crippen LogP contribution in [0.3, 0.4) is 0 Å². The predicted molar refractivity (Wildman–Crippen MR) is 83.2 cm³/mol. The van der Waals surface area contributed by atoms with E-state index in [1.54, 1.807) is 12.3 Å². The number of aryl methyl sites for hydroxylation is 1. The zero-order valence-electron chi connectivity index (χ0n) is 12.5. The summed E-state index contributed by atoms with van der Waals surface area (Å²) >= 11 is 1.08. The van der Waals surface area contributed by atoms with Crippen LogP contribution < -0.4 is 9.61 Å². The summed E-state index contributed by atoms with van der Waals surface area (Å²) in [6.07, 6.45) is 0. The molecule has 0 aliphatic rings. The number of ether oxygens (including phenoxy) is 2. The minimum absolute atomic E-state index is 0.0427. The number of methoxy groups -OCH3 is 1. The second-order valence-corrected chi connectivity index (χ2v) is 5.39. The highest BCUT2D eigenvalue weighted by molar-refractivity contribution is 7.07. The number of nitro benzene ring substituents is 1. The molecule has 0 aliphatic carbocycles. The average Bonchev–Trinajstić information content (AvgIpc) is 2.85. The van der Waals surface area contributed by atoms with Crippen LogP contribution in [0.2, 0.25) is 0 Å². The predicted octanol–water partition coefficient (Wildman–Crippen LogP) is 1.99. The van der Waals surface area contributed by atoms with Gasteiger partial charge in [-0.2, -0.15) is 0 Å². The lowest BCUT2D eigenvalue weighted by atomic mass is 10.2. The number of hydrogen-bond acceptors (Lipinski definition) is 7. The average molecular weight is 338 g/mol. The first-order chi connectivity index (χ1) is 10.9. The standard InChI is InChI=1S/C14H14N2O6S/c1-9-8-23-14(18)15(9)5-6-22-12-7-10(13(17)21-2)3-4-11(12)16(19)20/h3-4,7-8H,5-6H2,1-2H3. The van der Waals surface area contributed by atoms with E-state index in [4.69, 9.17) is 4.74 Å². The number of nitrogens with zero attached hydrogens (tertiary/aromatic N) is 2. The van der Waals surface area contributed by atoms with Gasteiger partial charge in [0.25, 0.3) is 0 Å². The molecule has 0 N–H and O–H groups in total. The van der Waals surface area contributed by atoms with Gasteiger partial charge in [-0.25, -0.2) is 4.79 Å². The fourth-order valence-electron chi connectivity index (χ4n) is 1.95. The highest BCUT2D eigenvalue weighted by Gasteiger charge is 2.18. The van der Waals surface area contributed by atoms with E-state index in [1.807, 2.05) is 0 Å². The van der Waals surface area contributed by atoms with Crippen LogP contribution in [0, 0.1) is 17.0 Å². The van der Waals surface area contributed by atoms with Crippen molar-refractivity contribution in [1.82, 2.24) is 4.57 Å². The fraction of sp³-hybridized carbons (Fsp3) is 0.286. The molecular formula is C14H14N2O6S. The Bertz CT molecular complexity index is 795. The van der Waals surface area contributed by atoms with Crippen LogP contribution in [-0.2, 0) is 11.3 Å². The smallest absolute Gasteiger partial charge is 0.337 e. The zero-order valence-corrected chi connectivity index (χ0v) is 13.3. The van der Waals surface area contributed by atoms with Crippen molar-refractivity contribution < 1.29 is 19.2 Å². The second-order valence-electron chi connectivity index (χ2n) is 4.57. The minimum Gasteiger partial charge on any atom is -0.485 e. The Morgan fingerprint density at radius 1 is 1.43 bits per heavy atom. The number of thiazole rings is 1. The van der Waals surface area contributed by atoms with Crippen molar-refractivity contribution in [1.29, 1.82) is 0 Å². The molecule has 8 nitrogen and oxygen atoms in total. The zero-order chi connectivity index (χ0) is 17.0. The molecular weight excluding hydrogens is 324 g/mol. The number of esters is 1. The molecule has 2 aromatic rings. The SMILES string of the molecule is COC(=O)c1ccc([N+](=O)[O-])c(OCCn2c(C)csc2=O)c1. The van der Waals surface area contributed by atoms with Gasteiger partial charge in [0.15, 0.2) is 5.75 Å². The van der Waals surface area contributed by atoms with Crippen LogP contribution in [0.1, 0.15) is 16.1 Å². The summed E-state index contributed by atoms with van der Waals surface area (Å²) < 4.78 is 11.5. The number of benzene rings is 1. The van der Waals surface area contributed by atoms with Crippen LogP contribution in [0.15, 0.2) is 28.4 Å². The van der Waals surface area contributed by atoms with Crippen molar-refractivity contribution in [2.45, 2.75) is 13.5 Å². The molecule has 0 spiro atoms. The second kappa shape index (κ2) is 7.05. The molecule has 0 saturated carbocycles. The minimum atomic E-state index is -0.616. The molecule has 0 atom stereocenters. The van der Waals surface area contributed by atoms with Gasteiger partial charge in [0, 0.05) is 23.2 Å². The monoisotopic (exact) mass is 338 g/mol. The molecule has 0 bridgehead atoms. The van der Waals surface area contributed by atoms with E-state index in [9.17, 15) is 19.7 Å². The van der Waals surface area contributed by atoms with Gasteiger partial charge in [0.1, 0.15) is 6.61 Å². The Morgan fingerprint density at radius 3 is 2.74 bits per heavy atom. The van der Waals surface area contributed by atoms with Gasteiger partial charge < -0.3 is 9.47 Å². The molecule has 0 aliphatic heterocycles. The summed E-state index contributed by atoms with van der Waals surface area (Å²) in [5.41, 5.74) is 0.686. The fourth-order valence-corrected chi connectivity index (χ4v) is 2.71. The van der Waals surface area contributed by atoms with Crippen molar-refractivity contribution in [3.05, 3.63) is 54.6 Å². The van der Waals surface area contributed by atoms with Gasteiger partial charge in [-0.3, -0.25) is 19.5 Å². The summed E-state index contributed by atoms with van der Waals surface area (Å²) in [7, 11) is 1.22. The van der Waals surface area contributed by atoms with E-state index in [1.165, 1.54) is 29.9 Å². The largest absolute Gasteiger partial charge is 0.485 e. The van der Waals surface area contributed by atoms with Gasteiger partial charge in [0.2, 0.25) is 0 Å². The van der Waals surface area contributed by atoms with E-state index in [-0.39, 0.29) is 35.0 Å². The third-order valence-corrected chi connectivity index (χ3v) is 4.01. The molecule has 0 radical (unpaired) electrons. The van der Waals surface area contributed by atoms with E-state index < -0.39 is 10.9 Å². The number of aromatic nitrogens is 1. The quantitative estimate of drug-likeness (QED) is 0.453. The Morgan fingerprint density at radius 2 is 2.17 bits per heavy atom. The van der Waals surface area contributed by atoms with Crippen LogP contribution in [0.5, 0.6) is 5.75 Å². The Balaban J connectivity index is 2.18. The van der Waals surface area contributed by atoms with Gasteiger partial charge in [-0.1, -0.05) is 11.3 Å². The number of nitro groups is 1. The van der Waals surface area contributed by atoms with E-state index in [0.717, 1.165) is 17.0 Å². The Labute approximate surface area is 135 Å². The maximum atomic E-state index is 11.6. The third-order valence-electron chi connectivity index (χ3n) is 3.13. The van der Waals surface area contributed by atoms with Crippen molar-refractivity contribution >= 4 is 23.0 Å². The maximum Gasteiger partial charge on any atom is 0.337 e. The molecule has 0 unspecified atom stereocenters. The topological polar surface area (TPSA) is 101 Å². The first-order valence-corrected chi connectivity index (χ1v) is 7.46. The van der Waals surface area contributed by atoms with E-state index >= 15 is 0 Å². The number of hydrogen-bond donors (Lipinski definition) is 0. The first kappa shape index (κ1) is 16.7. The molecule has 0 saturated heterocycles. The number of carbonyl (C=O) groups is 1. The normalized spacial score (nSPS) is 10.3. The van der Waals surface area contributed by atoms with Crippen molar-refractivity contribution in [3.8, 4) is 5.75 Å². The molecule has 1 aromatic heterocycles. The Kier molecular flexibility index (Phi) is 5.12. The number of rotatable bonds is 6. The lowest BCUT2D eigenvalue weighted by molar-refractivity contribution is -0.385. The van der Waals surface area contributed by atoms with Crippen LogP contribution in [0.25, 0.3) is 0 Å². The van der Waals surface area contributed by atoms with Crippen LogP contribution in [-0.4, -0.2) is 29.2 Å². The summed E-state index contributed by atoms with van der Waals surface area (Å²) in [6, 6.07) is 3.74. The maximum absolute atomic E-state index is 11.6. The van der Waals surface area contributed by atoms with Gasteiger partial charge >= 0.3 is 16.5 Å². The molecule has 2 rings (SSSR count). The first-order valence-electron chi connectivity index (χ1n) is 6.58. The van der Waals surface area contributed by atoms with Crippen molar-refractivity contribution in [3.63, 3.8) is 0 Å². The van der Waals surface area contributed by atoms with E-state index in [0.29, 0.717) is 0 Å². The van der Waals surface area contributed by atoms with Crippen molar-refractivity contribution in [2.24, 2.45) is 0 Å². The van der Waals surface area contributed by atoms with Crippen molar-refractivity contribution in [2.75, 3.05) is 13.7 Å². The van der Waals surface area contributed by atoms with Gasteiger partial charge in [-0.15, -0.1) is 0 Å². The highest BCUT2D eigenvalue weighted by Crippen LogP contribution is 2.28. The summed E-state index contributed by atoms with van der Waals surface area (Å²) in [5, 5.41) is 12.8. The van der Waals surface area contributed by atoms with E-state index in [2.05, 4.69) is 4.74 Å². The molecule has 0 fully saturated rings. The lowest BCUT2D eigenvalue weighted by Gasteiger charge is -2.09. The lowest BCUT2D eigenvalue weighted by Crippen LogP contribution is -2.19. The molecule has 23 heavy (non-hydrogen) atoms. The molecule has 9 heteroatoms. The van der Waals surface area contributed by atoms with Crippen LogP contribution >= 0.6 is 11.3 Å². The summed E-state index contributed by atoms with van der Waals surface area (Å²) in [5.74, 6) is -0.659. The summed E-state index contributed by atoms with van der Waals surface area (Å²) in [6.45, 7) is 2.11.